The first kappa shape index (κ1) is 13.3. The second-order valence-electron chi connectivity index (χ2n) is 3.77. The number of rotatable bonds is 6. The van der Waals surface area contributed by atoms with Crippen molar-refractivity contribution in [2.45, 2.75) is 52.5 Å². The van der Waals surface area contributed by atoms with Crippen LogP contribution in [0.25, 0.3) is 0 Å². The highest BCUT2D eigenvalue weighted by Gasteiger charge is 2.17. The first-order chi connectivity index (χ1) is 6.65. The van der Waals surface area contributed by atoms with Gasteiger partial charge in [0, 0.05) is 6.04 Å². The zero-order valence-electron chi connectivity index (χ0n) is 9.80. The van der Waals surface area contributed by atoms with E-state index in [1.807, 2.05) is 0 Å². The molecular formula is C11H23NO2. The summed E-state index contributed by atoms with van der Waals surface area (Å²) in [7, 11) is 1.40. The van der Waals surface area contributed by atoms with Gasteiger partial charge in [0.2, 0.25) is 0 Å². The third-order valence-electron chi connectivity index (χ3n) is 2.63. The number of hydrogen-bond acceptors (Lipinski definition) is 2. The Bertz CT molecular complexity index is 159. The van der Waals surface area contributed by atoms with Crippen LogP contribution in [0, 0.1) is 5.92 Å². The number of carbonyl (C=O) groups excluding carboxylic acids is 1. The third-order valence-corrected chi connectivity index (χ3v) is 2.63. The summed E-state index contributed by atoms with van der Waals surface area (Å²) in [6, 6.07) is 0.244. The van der Waals surface area contributed by atoms with Gasteiger partial charge in [0.15, 0.2) is 0 Å². The molecule has 0 aliphatic rings. The summed E-state index contributed by atoms with van der Waals surface area (Å²) >= 11 is 0. The van der Waals surface area contributed by atoms with E-state index in [2.05, 4.69) is 30.8 Å². The molecule has 3 nitrogen and oxygen atoms in total. The van der Waals surface area contributed by atoms with E-state index in [4.69, 9.17) is 0 Å². The quantitative estimate of drug-likeness (QED) is 0.717. The van der Waals surface area contributed by atoms with E-state index in [0.717, 1.165) is 6.42 Å². The Labute approximate surface area is 87.2 Å². The largest absolute Gasteiger partial charge is 0.453 e. The van der Waals surface area contributed by atoms with E-state index in [1.165, 1.54) is 26.4 Å². The van der Waals surface area contributed by atoms with E-state index in [1.54, 1.807) is 0 Å². The molecule has 0 aromatic heterocycles. The van der Waals surface area contributed by atoms with Crippen molar-refractivity contribution in [3.05, 3.63) is 0 Å². The summed E-state index contributed by atoms with van der Waals surface area (Å²) in [5, 5.41) is 2.86. The summed E-state index contributed by atoms with van der Waals surface area (Å²) in [6.45, 7) is 6.45. The van der Waals surface area contributed by atoms with Crippen molar-refractivity contribution in [2.24, 2.45) is 5.92 Å². The van der Waals surface area contributed by atoms with Crippen LogP contribution in [0.2, 0.25) is 0 Å². The summed E-state index contributed by atoms with van der Waals surface area (Å²) < 4.78 is 4.59. The highest BCUT2D eigenvalue weighted by molar-refractivity contribution is 5.67. The zero-order valence-corrected chi connectivity index (χ0v) is 9.80. The van der Waals surface area contributed by atoms with Gasteiger partial charge in [-0.05, 0) is 18.8 Å². The Balaban J connectivity index is 3.91. The van der Waals surface area contributed by atoms with Crippen molar-refractivity contribution < 1.29 is 9.53 Å². The van der Waals surface area contributed by atoms with E-state index in [-0.39, 0.29) is 12.1 Å². The summed E-state index contributed by atoms with van der Waals surface area (Å²) in [6.07, 6.45) is 4.23. The van der Waals surface area contributed by atoms with Gasteiger partial charge < -0.3 is 10.1 Å². The van der Waals surface area contributed by atoms with Gasteiger partial charge in [-0.1, -0.05) is 33.6 Å². The molecule has 0 saturated carbocycles. The Hall–Kier alpha value is -0.730. The molecule has 0 spiro atoms. The van der Waals surface area contributed by atoms with Gasteiger partial charge in [-0.2, -0.15) is 0 Å². The fourth-order valence-electron chi connectivity index (χ4n) is 1.58. The molecule has 14 heavy (non-hydrogen) atoms. The van der Waals surface area contributed by atoms with Crippen LogP contribution in [0.15, 0.2) is 0 Å². The van der Waals surface area contributed by atoms with E-state index in [0.29, 0.717) is 5.92 Å². The fourth-order valence-corrected chi connectivity index (χ4v) is 1.58. The van der Waals surface area contributed by atoms with E-state index < -0.39 is 0 Å². The van der Waals surface area contributed by atoms with Crippen molar-refractivity contribution in [1.29, 1.82) is 0 Å². The van der Waals surface area contributed by atoms with Gasteiger partial charge in [-0.3, -0.25) is 0 Å². The lowest BCUT2D eigenvalue weighted by molar-refractivity contribution is 0.161. The molecule has 2 unspecified atom stereocenters. The van der Waals surface area contributed by atoms with Crippen LogP contribution in [0.4, 0.5) is 4.79 Å². The SMILES string of the molecule is CCCCC(C)C(CC)NC(=O)OC. The number of hydrogen-bond donors (Lipinski definition) is 1. The van der Waals surface area contributed by atoms with Crippen molar-refractivity contribution in [3.63, 3.8) is 0 Å². The van der Waals surface area contributed by atoms with E-state index in [9.17, 15) is 4.79 Å². The number of carbonyl (C=O) groups is 1. The lowest BCUT2D eigenvalue weighted by Gasteiger charge is -2.23. The van der Waals surface area contributed by atoms with Crippen LogP contribution < -0.4 is 5.32 Å². The molecule has 1 N–H and O–H groups in total. The minimum Gasteiger partial charge on any atom is -0.453 e. The lowest BCUT2D eigenvalue weighted by Crippen LogP contribution is -2.38. The molecule has 84 valence electrons. The molecule has 0 heterocycles. The second kappa shape index (κ2) is 7.65. The lowest BCUT2D eigenvalue weighted by atomic mass is 9.94. The summed E-state index contributed by atoms with van der Waals surface area (Å²) in [5.74, 6) is 0.527. The fraction of sp³-hybridized carbons (Fsp3) is 0.909. The highest BCUT2D eigenvalue weighted by Crippen LogP contribution is 2.14. The minimum atomic E-state index is -0.319. The molecule has 0 bridgehead atoms. The van der Waals surface area contributed by atoms with Crippen molar-refractivity contribution in [2.75, 3.05) is 7.11 Å². The first-order valence-corrected chi connectivity index (χ1v) is 5.50. The van der Waals surface area contributed by atoms with Crippen molar-refractivity contribution in [1.82, 2.24) is 5.32 Å². The molecule has 0 aliphatic carbocycles. The molecule has 3 heteroatoms. The average molecular weight is 201 g/mol. The maximum atomic E-state index is 11.0. The standard InChI is InChI=1S/C11H23NO2/c1-5-7-8-9(3)10(6-2)12-11(13)14-4/h9-10H,5-8H2,1-4H3,(H,12,13). The predicted octanol–water partition coefficient (Wildman–Crippen LogP) is 2.95. The van der Waals surface area contributed by atoms with Crippen LogP contribution in [-0.4, -0.2) is 19.2 Å². The van der Waals surface area contributed by atoms with Gasteiger partial charge in [-0.15, -0.1) is 0 Å². The van der Waals surface area contributed by atoms with Crippen LogP contribution in [0.3, 0.4) is 0 Å². The van der Waals surface area contributed by atoms with Gasteiger partial charge >= 0.3 is 6.09 Å². The normalized spacial score (nSPS) is 14.6. The van der Waals surface area contributed by atoms with Crippen LogP contribution in [0.1, 0.15) is 46.5 Å². The average Bonchev–Trinajstić information content (AvgIpc) is 2.21. The molecule has 0 saturated heterocycles. The first-order valence-electron chi connectivity index (χ1n) is 5.50. The van der Waals surface area contributed by atoms with Gasteiger partial charge in [-0.25, -0.2) is 4.79 Å². The number of alkyl carbamates (subject to hydrolysis) is 1. The number of amides is 1. The maximum Gasteiger partial charge on any atom is 0.407 e. The van der Waals surface area contributed by atoms with Gasteiger partial charge in [0.05, 0.1) is 7.11 Å². The molecule has 2 atom stereocenters. The molecular weight excluding hydrogens is 178 g/mol. The highest BCUT2D eigenvalue weighted by atomic mass is 16.5. The Morgan fingerprint density at radius 2 is 2.07 bits per heavy atom. The Morgan fingerprint density at radius 1 is 1.43 bits per heavy atom. The van der Waals surface area contributed by atoms with Crippen LogP contribution in [-0.2, 0) is 4.74 Å². The van der Waals surface area contributed by atoms with Crippen LogP contribution in [0.5, 0.6) is 0 Å². The molecule has 0 fully saturated rings. The Kier molecular flexibility index (Phi) is 7.25. The molecule has 0 aromatic carbocycles. The van der Waals surface area contributed by atoms with Crippen LogP contribution >= 0.6 is 0 Å². The second-order valence-corrected chi connectivity index (χ2v) is 3.77. The summed E-state index contributed by atoms with van der Waals surface area (Å²) in [4.78, 5) is 11.0. The number of nitrogens with one attached hydrogen (secondary N) is 1. The molecule has 0 radical (unpaired) electrons. The molecule has 0 aliphatic heterocycles. The van der Waals surface area contributed by atoms with Gasteiger partial charge in [0.25, 0.3) is 0 Å². The zero-order chi connectivity index (χ0) is 11.0. The Morgan fingerprint density at radius 3 is 2.50 bits per heavy atom. The monoisotopic (exact) mass is 201 g/mol. The summed E-state index contributed by atoms with van der Waals surface area (Å²) in [5.41, 5.74) is 0. The topological polar surface area (TPSA) is 38.3 Å². The number of unbranched alkanes of at least 4 members (excludes halogenated alkanes) is 1. The maximum absolute atomic E-state index is 11.0. The van der Waals surface area contributed by atoms with E-state index >= 15 is 0 Å². The smallest absolute Gasteiger partial charge is 0.407 e. The predicted molar refractivity (Wildman–Crippen MR) is 58.3 cm³/mol. The third kappa shape index (κ3) is 5.10. The molecule has 0 rings (SSSR count). The minimum absolute atomic E-state index is 0.244. The molecule has 0 aromatic rings. The van der Waals surface area contributed by atoms with Crippen molar-refractivity contribution in [3.8, 4) is 0 Å². The number of methoxy groups -OCH3 is 1. The van der Waals surface area contributed by atoms with Gasteiger partial charge in [0.1, 0.15) is 0 Å². The van der Waals surface area contributed by atoms with Crippen molar-refractivity contribution >= 4 is 6.09 Å². The molecule has 1 amide bonds. The number of ether oxygens (including phenoxy) is 1.